The standard InChI is InChI=1S/C21H20S.C12H12S.C11H11NS.C11H11N.C10H12.C9H9N.10C2H6/c1-13-5-8-16-17-9-7-15(20-10-6-14(2)22-20)12-19(17)21(3,4)18(16)11-13;1-9-3-6-11(7-4-9)12-8-5-10(2)13-12;1-8-3-5-10(12-7-8)11-6-4-9(2)13-11;1-3-10(8-12)11-6-4-9(2)5-7-11;1-3-4-10-7-5-9(2)6-8-10;1-3-4-9-6-5-8(2)7-10-9;10*1-2/h5-12H,1-4H3;3-8H,1-2H3;3-7H,1-2H3;3-7H,1-2H3;3-8H,1-2H3;5-7H,1-2H3;10*1-2H3/b;;;10-3+;4-3+;;;;;;;;;;;/i;;;3D;3D,4D;;;;;;;;;;;. The molecule has 6 heteroatoms. The van der Waals surface area contributed by atoms with Crippen molar-refractivity contribution in [2.75, 3.05) is 0 Å². The molecule has 0 bridgehead atoms. The molecule has 5 heterocycles. The molecule has 10 aromatic rings. The maximum atomic E-state index is 8.79. The van der Waals surface area contributed by atoms with Crippen LogP contribution in [0.3, 0.4) is 0 Å². The second-order valence-electron chi connectivity index (χ2n) is 20.2. The van der Waals surface area contributed by atoms with Crippen LogP contribution in [0, 0.1) is 85.5 Å². The fraction of sp³-hybridized carbons (Fsp3) is 0.372. The van der Waals surface area contributed by atoms with Gasteiger partial charge in [-0.05, 0) is 199 Å². The van der Waals surface area contributed by atoms with Gasteiger partial charge < -0.3 is 0 Å². The Morgan fingerprint density at radius 3 is 1.16 bits per heavy atom. The van der Waals surface area contributed by atoms with Crippen LogP contribution >= 0.6 is 34.0 Å². The van der Waals surface area contributed by atoms with Gasteiger partial charge in [-0.1, -0.05) is 314 Å². The first-order valence-electron chi connectivity index (χ1n) is 38.2. The molecule has 0 saturated heterocycles. The molecule has 0 radical (unpaired) electrons. The molecule has 0 saturated carbocycles. The molecule has 0 fully saturated rings. The molecule has 0 N–H and O–H groups in total. The molecule has 0 atom stereocenters. The van der Waals surface area contributed by atoms with Crippen molar-refractivity contribution >= 4 is 45.6 Å². The van der Waals surface area contributed by atoms with Crippen LogP contribution < -0.4 is 0 Å². The topological polar surface area (TPSA) is 49.6 Å². The predicted octanol–water partition coefficient (Wildman–Crippen LogP) is 31.8. The minimum atomic E-state index is 0.0823. The van der Waals surface area contributed by atoms with Gasteiger partial charge in [-0.15, -0.1) is 34.0 Å². The van der Waals surface area contributed by atoms with E-state index in [1.807, 2.05) is 268 Å². The number of allylic oxidation sites excluding steroid dienone is 3. The second-order valence-corrected chi connectivity index (χ2v) is 24.1. The van der Waals surface area contributed by atoms with E-state index in [1.54, 1.807) is 25.2 Å². The third-order valence-corrected chi connectivity index (χ3v) is 16.1. The van der Waals surface area contributed by atoms with E-state index in [9.17, 15) is 0 Å². The molecule has 5 aromatic carbocycles. The summed E-state index contributed by atoms with van der Waals surface area (Å²) < 4.78 is 22.2. The smallest absolute Gasteiger partial charge is 0.113 e. The summed E-state index contributed by atoms with van der Waals surface area (Å²) in [6, 6.07) is 61.9. The molecular formula is C94H135N3S3. The van der Waals surface area contributed by atoms with Crippen LogP contribution in [0.1, 0.15) is 253 Å². The Bertz CT molecular complexity index is 3830. The Hall–Kier alpha value is -7.97. The van der Waals surface area contributed by atoms with Crippen molar-refractivity contribution in [3.8, 4) is 60.5 Å². The van der Waals surface area contributed by atoms with Crippen molar-refractivity contribution in [2.24, 2.45) is 0 Å². The number of hydrogen-bond acceptors (Lipinski definition) is 6. The van der Waals surface area contributed by atoms with Crippen molar-refractivity contribution < 1.29 is 4.11 Å². The highest BCUT2D eigenvalue weighted by atomic mass is 32.1. The number of fused-ring (bicyclic) bond motifs is 3. The number of rotatable bonds is 5. The van der Waals surface area contributed by atoms with Crippen LogP contribution in [0.2, 0.25) is 0 Å². The summed E-state index contributed by atoms with van der Waals surface area (Å²) in [4.78, 5) is 16.5. The number of aromatic nitrogens is 2. The predicted molar refractivity (Wildman–Crippen MR) is 464 cm³/mol. The Morgan fingerprint density at radius 2 is 0.780 bits per heavy atom. The molecule has 0 aliphatic heterocycles. The summed E-state index contributed by atoms with van der Waals surface area (Å²) in [5.41, 5.74) is 19.8. The summed E-state index contributed by atoms with van der Waals surface area (Å²) in [6.07, 6.45) is 3.73. The number of thiophene rings is 3. The largest absolute Gasteiger partial charge is 0.255 e. The maximum Gasteiger partial charge on any atom is 0.113 e. The Balaban J connectivity index is -0.000000360. The van der Waals surface area contributed by atoms with E-state index in [-0.39, 0.29) is 5.41 Å². The molecule has 5 aromatic heterocycles. The summed E-state index contributed by atoms with van der Waals surface area (Å²) in [6.45, 7) is 68.5. The average molecular weight is 1410 g/mol. The van der Waals surface area contributed by atoms with E-state index >= 15 is 0 Å². The molecule has 100 heavy (non-hydrogen) atoms. The van der Waals surface area contributed by atoms with Gasteiger partial charge in [0, 0.05) is 42.2 Å². The molecule has 0 unspecified atom stereocenters. The lowest BCUT2D eigenvalue weighted by molar-refractivity contribution is 0.660. The van der Waals surface area contributed by atoms with E-state index < -0.39 is 0 Å². The monoisotopic (exact) mass is 1410 g/mol. The molecule has 0 amide bonds. The van der Waals surface area contributed by atoms with Gasteiger partial charge in [0.25, 0.3) is 0 Å². The maximum absolute atomic E-state index is 8.79. The van der Waals surface area contributed by atoms with E-state index in [1.165, 1.54) is 90.5 Å². The lowest BCUT2D eigenvalue weighted by Gasteiger charge is -2.22. The third kappa shape index (κ3) is 38.0. The van der Waals surface area contributed by atoms with Gasteiger partial charge in [0.15, 0.2) is 0 Å². The minimum absolute atomic E-state index is 0.0823. The molecular weight excluding hydrogens is 1270 g/mol. The van der Waals surface area contributed by atoms with Crippen LogP contribution in [0.5, 0.6) is 0 Å². The van der Waals surface area contributed by atoms with Crippen LogP contribution in [0.15, 0.2) is 194 Å². The fourth-order valence-corrected chi connectivity index (χ4v) is 11.1. The minimum Gasteiger partial charge on any atom is -0.255 e. The number of nitriles is 1. The van der Waals surface area contributed by atoms with Gasteiger partial charge in [-0.3, -0.25) is 4.98 Å². The van der Waals surface area contributed by atoms with Gasteiger partial charge in [0.1, 0.15) is 5.69 Å². The molecule has 0 spiro atoms. The van der Waals surface area contributed by atoms with E-state index in [2.05, 4.69) is 186 Å². The summed E-state index contributed by atoms with van der Waals surface area (Å²) in [7, 11) is 0. The Kier molecular flexibility index (Phi) is 59.5. The van der Waals surface area contributed by atoms with E-state index in [4.69, 9.17) is 9.37 Å². The van der Waals surface area contributed by atoms with Crippen LogP contribution in [0.4, 0.5) is 0 Å². The summed E-state index contributed by atoms with van der Waals surface area (Å²) in [5, 5.41) is 8.79. The third-order valence-electron chi connectivity index (χ3n) is 13.0. The van der Waals surface area contributed by atoms with Crippen molar-refractivity contribution in [3.63, 3.8) is 0 Å². The van der Waals surface area contributed by atoms with Crippen LogP contribution in [-0.2, 0) is 5.41 Å². The number of hydrogen-bond donors (Lipinski definition) is 0. The first-order valence-corrected chi connectivity index (χ1v) is 39.2. The van der Waals surface area contributed by atoms with Gasteiger partial charge in [-0.25, -0.2) is 4.98 Å². The normalized spacial score (nSPS) is 10.4. The zero-order chi connectivity index (χ0) is 80.4. The quantitative estimate of drug-likeness (QED) is 0.127. The van der Waals surface area contributed by atoms with Gasteiger partial charge in [0.2, 0.25) is 0 Å². The zero-order valence-electron chi connectivity index (χ0n) is 71.9. The van der Waals surface area contributed by atoms with Gasteiger partial charge in [-0.2, -0.15) is 5.26 Å². The average Bonchev–Trinajstić information content (AvgIpc) is 1.58. The molecule has 1 aliphatic rings. The number of pyridine rings is 2. The zero-order valence-corrected chi connectivity index (χ0v) is 71.3. The fourth-order valence-electron chi connectivity index (χ4n) is 8.52. The first-order chi connectivity index (χ1) is 49.6. The number of aryl methyl sites for hydroxylation is 9. The van der Waals surface area contributed by atoms with Crippen molar-refractivity contribution in [2.45, 2.75) is 241 Å². The molecule has 11 rings (SSSR count). The second kappa shape index (κ2) is 63.2. The van der Waals surface area contributed by atoms with E-state index in [0.717, 1.165) is 28.1 Å². The molecule has 1 aliphatic carbocycles. The van der Waals surface area contributed by atoms with Gasteiger partial charge >= 0.3 is 0 Å². The lowest BCUT2D eigenvalue weighted by atomic mass is 9.81. The van der Waals surface area contributed by atoms with Crippen molar-refractivity contribution in [1.29, 1.82) is 5.26 Å². The first kappa shape index (κ1) is 94.1. The van der Waals surface area contributed by atoms with Crippen molar-refractivity contribution in [1.82, 2.24) is 9.97 Å². The number of benzene rings is 5. The lowest BCUT2D eigenvalue weighted by Crippen LogP contribution is -2.15. The van der Waals surface area contributed by atoms with Crippen LogP contribution in [0.25, 0.3) is 54.2 Å². The molecule has 3 nitrogen and oxygen atoms in total. The van der Waals surface area contributed by atoms with E-state index in [0.29, 0.717) is 23.7 Å². The number of nitrogens with zero attached hydrogens (tertiary/aromatic N) is 3. The highest BCUT2D eigenvalue weighted by molar-refractivity contribution is 7.16. The Labute approximate surface area is 632 Å². The Morgan fingerprint density at radius 1 is 0.410 bits per heavy atom. The summed E-state index contributed by atoms with van der Waals surface area (Å²) in [5.74, 6) is 5.66. The highest BCUT2D eigenvalue weighted by Gasteiger charge is 2.35. The van der Waals surface area contributed by atoms with Gasteiger partial charge in [0.05, 0.1) is 26.3 Å². The summed E-state index contributed by atoms with van der Waals surface area (Å²) >= 11 is 5.50. The SMILES string of the molecule is CC.CC.CC.CC.CC.CC.CC.CC.CC.CC.CC#Cc1ccc(C)cn1.Cc1ccc(-c2ccc(C)s2)cc1.Cc1ccc(-c2ccc(C)s2)nc1.Cc1ccc2c(c1)C(C)(C)c1cc(-c3ccc(C)s3)ccc1-2.[2H]/C(C)=C(/C#N)c1ccc(C)cc1.[2H]/C(C)=C(/[2H])c1ccc(C)cc1. The molecule has 544 valence electrons. The van der Waals surface area contributed by atoms with Crippen molar-refractivity contribution in [3.05, 3.63) is 270 Å². The van der Waals surface area contributed by atoms with Crippen LogP contribution in [-0.4, -0.2) is 9.97 Å². The highest BCUT2D eigenvalue weighted by Crippen LogP contribution is 2.50.